The van der Waals surface area contributed by atoms with E-state index in [1.807, 2.05) is 0 Å². The van der Waals surface area contributed by atoms with E-state index < -0.39 is 64.3 Å². The van der Waals surface area contributed by atoms with Crippen LogP contribution in [-0.2, 0) is 4.79 Å². The quantitative estimate of drug-likeness (QED) is 0.160. The number of Topliss-reactive ketones (excluding diaryl/α,β-unsaturated/α-hetero) is 2. The number of benzene rings is 4. The molecule has 8 N–H and O–H groups in total. The average Bonchev–Trinajstić information content (AvgIpc) is 2.97. The van der Waals surface area contributed by atoms with E-state index in [2.05, 4.69) is 0 Å². The van der Waals surface area contributed by atoms with Gasteiger partial charge in [0.05, 0.1) is 17.4 Å². The summed E-state index contributed by atoms with van der Waals surface area (Å²) in [6, 6.07) is 14.5. The molecule has 228 valence electrons. The standard InChI is InChI=1S/C33H25NO11/c34-24(40)10-9-19-20(38)13-23-26(29(19)41)31(43)28(33(45-23)15-3-7-17(36)8-4-15)27-30(42)25-21(39)11-18(37)12-22(25)44-32(27)14-1-5-16(35)6-2-14/h1-13,27-28,32-33,35-39,41H,(H2,34,40)/b10-9+/t27-,28-,32+,33+/m0/s1. The maximum Gasteiger partial charge on any atom is 0.241 e. The summed E-state index contributed by atoms with van der Waals surface area (Å²) in [5, 5.41) is 62.5. The second-order valence-corrected chi connectivity index (χ2v) is 10.6. The fraction of sp³-hybridized carbons (Fsp3) is 0.121. The molecular formula is C33H25NO11. The van der Waals surface area contributed by atoms with Crippen molar-refractivity contribution in [3.8, 4) is 46.0 Å². The van der Waals surface area contributed by atoms with E-state index in [1.165, 1.54) is 48.5 Å². The second-order valence-electron chi connectivity index (χ2n) is 10.6. The smallest absolute Gasteiger partial charge is 0.241 e. The lowest BCUT2D eigenvalue weighted by Crippen LogP contribution is -2.45. The van der Waals surface area contributed by atoms with Crippen LogP contribution in [0.2, 0.25) is 0 Å². The van der Waals surface area contributed by atoms with Crippen LogP contribution in [0.5, 0.6) is 46.0 Å². The van der Waals surface area contributed by atoms with Crippen molar-refractivity contribution in [3.05, 3.63) is 101 Å². The van der Waals surface area contributed by atoms with Crippen molar-refractivity contribution in [1.82, 2.24) is 0 Å². The molecule has 1 amide bonds. The highest BCUT2D eigenvalue weighted by atomic mass is 16.5. The minimum Gasteiger partial charge on any atom is -0.508 e. The van der Waals surface area contributed by atoms with Gasteiger partial charge >= 0.3 is 0 Å². The Balaban J connectivity index is 1.60. The molecule has 2 aliphatic rings. The Morgan fingerprint density at radius 1 is 0.644 bits per heavy atom. The zero-order valence-electron chi connectivity index (χ0n) is 23.1. The molecule has 2 aliphatic heterocycles. The third kappa shape index (κ3) is 4.97. The summed E-state index contributed by atoms with van der Waals surface area (Å²) in [4.78, 5) is 40.3. The highest BCUT2D eigenvalue weighted by Gasteiger charge is 2.53. The first kappa shape index (κ1) is 28.9. The highest BCUT2D eigenvalue weighted by Crippen LogP contribution is 2.54. The summed E-state index contributed by atoms with van der Waals surface area (Å²) in [5.41, 5.74) is 4.87. The normalized spacial score (nSPS) is 20.6. The number of aromatic hydroxyl groups is 6. The molecule has 0 aromatic heterocycles. The van der Waals surface area contributed by atoms with E-state index in [0.717, 1.165) is 30.4 Å². The van der Waals surface area contributed by atoms with Crippen LogP contribution in [-0.4, -0.2) is 48.1 Å². The first-order valence-electron chi connectivity index (χ1n) is 13.6. The number of rotatable bonds is 5. The molecule has 12 nitrogen and oxygen atoms in total. The summed E-state index contributed by atoms with van der Waals surface area (Å²) in [7, 11) is 0. The van der Waals surface area contributed by atoms with Gasteiger partial charge in [-0.3, -0.25) is 14.4 Å². The lowest BCUT2D eigenvalue weighted by atomic mass is 9.69. The first-order valence-corrected chi connectivity index (χ1v) is 13.6. The third-order valence-electron chi connectivity index (χ3n) is 7.85. The molecule has 6 rings (SSSR count). The van der Waals surface area contributed by atoms with Gasteiger partial charge in [0.25, 0.3) is 0 Å². The van der Waals surface area contributed by atoms with Crippen molar-refractivity contribution in [1.29, 1.82) is 0 Å². The number of nitrogens with two attached hydrogens (primary N) is 1. The minimum atomic E-state index is -1.46. The number of primary amides is 1. The van der Waals surface area contributed by atoms with E-state index in [9.17, 15) is 45.0 Å². The Morgan fingerprint density at radius 3 is 1.64 bits per heavy atom. The number of ketones is 2. The maximum atomic E-state index is 14.6. The van der Waals surface area contributed by atoms with Gasteiger partial charge < -0.3 is 45.8 Å². The Hall–Kier alpha value is -6.17. The number of phenolic OH excluding ortho intramolecular Hbond substituents is 6. The number of amides is 1. The Bertz CT molecular complexity index is 1900. The van der Waals surface area contributed by atoms with E-state index >= 15 is 0 Å². The number of hydrogen-bond donors (Lipinski definition) is 7. The van der Waals surface area contributed by atoms with Gasteiger partial charge in [0.2, 0.25) is 5.91 Å². The molecule has 12 heteroatoms. The summed E-state index contributed by atoms with van der Waals surface area (Å²) >= 11 is 0. The zero-order chi connectivity index (χ0) is 32.2. The molecule has 0 saturated heterocycles. The van der Waals surface area contributed by atoms with Gasteiger partial charge in [0, 0.05) is 24.3 Å². The number of carbonyl (C=O) groups is 3. The van der Waals surface area contributed by atoms with Gasteiger partial charge in [-0.05, 0) is 41.5 Å². The molecule has 45 heavy (non-hydrogen) atoms. The van der Waals surface area contributed by atoms with Gasteiger partial charge in [-0.15, -0.1) is 0 Å². The average molecular weight is 612 g/mol. The molecule has 0 spiro atoms. The number of phenols is 6. The van der Waals surface area contributed by atoms with Gasteiger partial charge in [0.15, 0.2) is 11.6 Å². The van der Waals surface area contributed by atoms with Crippen LogP contribution in [0.15, 0.2) is 72.8 Å². The predicted octanol–water partition coefficient (Wildman–Crippen LogP) is 3.98. The van der Waals surface area contributed by atoms with Gasteiger partial charge in [-0.25, -0.2) is 0 Å². The fourth-order valence-corrected chi connectivity index (χ4v) is 5.84. The lowest BCUT2D eigenvalue weighted by molar-refractivity contribution is -0.113. The van der Waals surface area contributed by atoms with Crippen molar-refractivity contribution in [2.24, 2.45) is 17.6 Å². The van der Waals surface area contributed by atoms with Crippen molar-refractivity contribution >= 4 is 23.5 Å². The van der Waals surface area contributed by atoms with Crippen LogP contribution in [0.3, 0.4) is 0 Å². The monoisotopic (exact) mass is 611 g/mol. The molecule has 0 aliphatic carbocycles. The lowest BCUT2D eigenvalue weighted by Gasteiger charge is -2.42. The molecule has 0 bridgehead atoms. The van der Waals surface area contributed by atoms with Gasteiger partial charge in [-0.1, -0.05) is 24.3 Å². The molecule has 4 aromatic carbocycles. The molecule has 4 atom stereocenters. The second kappa shape index (κ2) is 10.8. The van der Waals surface area contributed by atoms with Gasteiger partial charge in [-0.2, -0.15) is 0 Å². The van der Waals surface area contributed by atoms with Crippen LogP contribution < -0.4 is 15.2 Å². The van der Waals surface area contributed by atoms with Crippen molar-refractivity contribution in [3.63, 3.8) is 0 Å². The third-order valence-corrected chi connectivity index (χ3v) is 7.85. The Kier molecular flexibility index (Phi) is 6.96. The summed E-state index contributed by atoms with van der Waals surface area (Å²) in [6.07, 6.45) is -0.592. The van der Waals surface area contributed by atoms with E-state index in [0.29, 0.717) is 11.1 Å². The van der Waals surface area contributed by atoms with Crippen LogP contribution in [0.4, 0.5) is 0 Å². The SMILES string of the molecule is NC(=O)/C=C/c1c(O)cc2c(c1O)C(=O)[C@H]([C@H]1C(=O)c3c(O)cc(O)cc3O[C@@H]1c1ccc(O)cc1)[C@@H](c1ccc(O)cc1)O2. The first-order chi connectivity index (χ1) is 21.4. The number of carbonyl (C=O) groups excluding carboxylic acids is 3. The van der Waals surface area contributed by atoms with Gasteiger partial charge in [0.1, 0.15) is 69.3 Å². The molecule has 2 heterocycles. The Morgan fingerprint density at radius 2 is 1.13 bits per heavy atom. The van der Waals surface area contributed by atoms with Crippen molar-refractivity contribution < 1.29 is 54.5 Å². The molecule has 0 unspecified atom stereocenters. The number of fused-ring (bicyclic) bond motifs is 2. The minimum absolute atomic E-state index is 0.0811. The topological polar surface area (TPSA) is 217 Å². The number of ether oxygens (including phenoxy) is 2. The maximum absolute atomic E-state index is 14.6. The van der Waals surface area contributed by atoms with Crippen molar-refractivity contribution in [2.45, 2.75) is 12.2 Å². The summed E-state index contributed by atoms with van der Waals surface area (Å²) in [5.74, 6) is -8.10. The molecule has 0 fully saturated rings. The van der Waals surface area contributed by atoms with Crippen LogP contribution in [0.1, 0.15) is 49.6 Å². The molecular weight excluding hydrogens is 586 g/mol. The highest BCUT2D eigenvalue weighted by molar-refractivity contribution is 6.11. The van der Waals surface area contributed by atoms with E-state index in [-0.39, 0.29) is 39.9 Å². The number of hydrogen-bond acceptors (Lipinski definition) is 11. The van der Waals surface area contributed by atoms with Crippen molar-refractivity contribution in [2.75, 3.05) is 0 Å². The Labute approximate surface area is 254 Å². The molecule has 0 radical (unpaired) electrons. The summed E-state index contributed by atoms with van der Waals surface area (Å²) < 4.78 is 12.4. The predicted molar refractivity (Wildman–Crippen MR) is 156 cm³/mol. The van der Waals surface area contributed by atoms with Crippen LogP contribution >= 0.6 is 0 Å². The van der Waals surface area contributed by atoms with E-state index in [1.54, 1.807) is 0 Å². The molecule has 4 aromatic rings. The largest absolute Gasteiger partial charge is 0.508 e. The molecule has 0 saturated carbocycles. The zero-order valence-corrected chi connectivity index (χ0v) is 23.1. The summed E-state index contributed by atoms with van der Waals surface area (Å²) in [6.45, 7) is 0. The van der Waals surface area contributed by atoms with E-state index in [4.69, 9.17) is 15.2 Å². The van der Waals surface area contributed by atoms with Crippen LogP contribution in [0, 0.1) is 11.8 Å². The fourth-order valence-electron chi connectivity index (χ4n) is 5.84. The van der Waals surface area contributed by atoms with Crippen LogP contribution in [0.25, 0.3) is 6.08 Å².